The van der Waals surface area contributed by atoms with Crippen LogP contribution in [-0.2, 0) is 0 Å². The van der Waals surface area contributed by atoms with Gasteiger partial charge in [0.2, 0.25) is 5.43 Å². The largest absolute Gasteiger partial charge is 0.511 e. The predicted molar refractivity (Wildman–Crippen MR) is 117 cm³/mol. The van der Waals surface area contributed by atoms with Crippen LogP contribution >= 0.6 is 0 Å². The van der Waals surface area contributed by atoms with Crippen molar-refractivity contribution in [1.82, 2.24) is 9.88 Å². The number of hydrogen-bond donors (Lipinski definition) is 3. The minimum atomic E-state index is -1.67. The highest BCUT2D eigenvalue weighted by Gasteiger charge is 2.22. The standard InChI is InChI=1S/C22H22F2N4O4/c1-12-10-27(6-5-26-12)19-9-18-14(8-16(19)24)21(29)20(32-22(30)31)11-28(18)13-3-4-15(23)17(7-13)25-2/h3-4,7-9,11-12,25-26H,5-6,10H2,1-2H3,(H,30,31). The molecule has 0 radical (unpaired) electrons. The van der Waals surface area contributed by atoms with Crippen molar-refractivity contribution in [3.05, 3.63) is 58.4 Å². The van der Waals surface area contributed by atoms with Crippen LogP contribution in [0.2, 0.25) is 0 Å². The Morgan fingerprint density at radius 1 is 1.25 bits per heavy atom. The van der Waals surface area contributed by atoms with E-state index in [4.69, 9.17) is 5.11 Å². The van der Waals surface area contributed by atoms with E-state index in [9.17, 15) is 14.0 Å². The van der Waals surface area contributed by atoms with Crippen molar-refractivity contribution in [3.8, 4) is 11.4 Å². The molecular weight excluding hydrogens is 422 g/mol. The van der Waals surface area contributed by atoms with Gasteiger partial charge in [-0.3, -0.25) is 4.79 Å². The number of benzene rings is 2. The Kier molecular flexibility index (Phi) is 5.70. The van der Waals surface area contributed by atoms with E-state index in [0.29, 0.717) is 36.5 Å². The summed E-state index contributed by atoms with van der Waals surface area (Å²) in [6.07, 6.45) is -0.456. The number of ether oxygens (including phenoxy) is 1. The first-order valence-electron chi connectivity index (χ1n) is 10.0. The van der Waals surface area contributed by atoms with Crippen molar-refractivity contribution in [1.29, 1.82) is 0 Å². The van der Waals surface area contributed by atoms with Crippen LogP contribution < -0.4 is 25.7 Å². The fourth-order valence-corrected chi connectivity index (χ4v) is 3.94. The number of aromatic nitrogens is 1. The van der Waals surface area contributed by atoms with Gasteiger partial charge in [0.05, 0.1) is 28.5 Å². The lowest BCUT2D eigenvalue weighted by molar-refractivity contribution is 0.144. The first-order valence-corrected chi connectivity index (χ1v) is 10.0. The van der Waals surface area contributed by atoms with Gasteiger partial charge in [0.15, 0.2) is 5.75 Å². The van der Waals surface area contributed by atoms with Crippen LogP contribution in [0, 0.1) is 11.6 Å². The van der Waals surface area contributed by atoms with Gasteiger partial charge in [-0.15, -0.1) is 0 Å². The lowest BCUT2D eigenvalue weighted by atomic mass is 10.1. The minimum Gasteiger partial charge on any atom is -0.449 e. The van der Waals surface area contributed by atoms with E-state index in [2.05, 4.69) is 15.4 Å². The summed E-state index contributed by atoms with van der Waals surface area (Å²) in [6.45, 7) is 3.83. The number of nitrogens with one attached hydrogen (secondary N) is 2. The Morgan fingerprint density at radius 3 is 2.72 bits per heavy atom. The van der Waals surface area contributed by atoms with Crippen LogP contribution in [0.25, 0.3) is 16.6 Å². The number of nitrogens with zero attached hydrogens (tertiary/aromatic N) is 2. The number of anilines is 2. The molecule has 0 saturated carbocycles. The highest BCUT2D eigenvalue weighted by Crippen LogP contribution is 2.30. The maximum Gasteiger partial charge on any atom is 0.511 e. The Labute approximate surface area is 182 Å². The quantitative estimate of drug-likeness (QED) is 0.532. The second kappa shape index (κ2) is 8.46. The fraction of sp³-hybridized carbons (Fsp3) is 0.273. The van der Waals surface area contributed by atoms with E-state index in [0.717, 1.165) is 6.07 Å². The number of hydrogen-bond acceptors (Lipinski definition) is 6. The molecule has 2 heterocycles. The first kappa shape index (κ1) is 21.6. The van der Waals surface area contributed by atoms with Crippen LogP contribution in [0.4, 0.5) is 25.0 Å². The van der Waals surface area contributed by atoms with Gasteiger partial charge < -0.3 is 29.9 Å². The molecule has 1 aliphatic heterocycles. The number of pyridine rings is 1. The second-order valence-corrected chi connectivity index (χ2v) is 7.60. The van der Waals surface area contributed by atoms with Gasteiger partial charge in [0, 0.05) is 38.4 Å². The maximum atomic E-state index is 15.1. The molecule has 0 amide bonds. The third-order valence-electron chi connectivity index (χ3n) is 5.44. The van der Waals surface area contributed by atoms with Crippen molar-refractivity contribution in [2.24, 2.45) is 0 Å². The van der Waals surface area contributed by atoms with Gasteiger partial charge in [-0.1, -0.05) is 0 Å². The first-order chi connectivity index (χ1) is 15.3. The van der Waals surface area contributed by atoms with Crippen LogP contribution in [0.3, 0.4) is 0 Å². The summed E-state index contributed by atoms with van der Waals surface area (Å²) in [6, 6.07) is 7.01. The number of fused-ring (bicyclic) bond motifs is 1. The topological polar surface area (TPSA) is 95.8 Å². The van der Waals surface area contributed by atoms with E-state index in [1.54, 1.807) is 13.1 Å². The summed E-state index contributed by atoms with van der Waals surface area (Å²) < 4.78 is 35.2. The molecule has 0 spiro atoms. The molecule has 1 aromatic heterocycles. The smallest absolute Gasteiger partial charge is 0.449 e. The van der Waals surface area contributed by atoms with E-state index >= 15 is 4.39 Å². The molecule has 1 atom stereocenters. The lowest BCUT2D eigenvalue weighted by Crippen LogP contribution is -2.49. The second-order valence-electron chi connectivity index (χ2n) is 7.60. The summed E-state index contributed by atoms with van der Waals surface area (Å²) in [4.78, 5) is 25.8. The molecule has 3 aromatic rings. The molecule has 8 nitrogen and oxygen atoms in total. The Bertz CT molecular complexity index is 1260. The van der Waals surface area contributed by atoms with Gasteiger partial charge in [-0.05, 0) is 37.3 Å². The zero-order valence-electron chi connectivity index (χ0n) is 17.5. The molecule has 4 rings (SSSR count). The number of carboxylic acid groups (broad SMARTS) is 1. The summed E-state index contributed by atoms with van der Waals surface area (Å²) in [7, 11) is 1.56. The summed E-state index contributed by atoms with van der Waals surface area (Å²) >= 11 is 0. The van der Waals surface area contributed by atoms with E-state index in [1.807, 2.05) is 11.8 Å². The number of rotatable bonds is 4. The van der Waals surface area contributed by atoms with Crippen LogP contribution in [0.1, 0.15) is 6.92 Å². The number of halogens is 2. The van der Waals surface area contributed by atoms with E-state index < -0.39 is 29.0 Å². The third kappa shape index (κ3) is 3.96. The summed E-state index contributed by atoms with van der Waals surface area (Å²) in [5.41, 5.74) is 0.537. The zero-order chi connectivity index (χ0) is 23.0. The van der Waals surface area contributed by atoms with Crippen molar-refractivity contribution >= 4 is 28.4 Å². The Morgan fingerprint density at radius 2 is 2.03 bits per heavy atom. The predicted octanol–water partition coefficient (Wildman–Crippen LogP) is 3.17. The van der Waals surface area contributed by atoms with Crippen molar-refractivity contribution < 1.29 is 23.4 Å². The third-order valence-corrected chi connectivity index (χ3v) is 5.44. The average molecular weight is 444 g/mol. The van der Waals surface area contributed by atoms with Gasteiger partial charge in [0.25, 0.3) is 0 Å². The highest BCUT2D eigenvalue weighted by molar-refractivity contribution is 5.86. The molecule has 1 aliphatic rings. The summed E-state index contributed by atoms with van der Waals surface area (Å²) in [5.74, 6) is -1.56. The molecule has 10 heteroatoms. The monoisotopic (exact) mass is 444 g/mol. The maximum absolute atomic E-state index is 15.1. The summed E-state index contributed by atoms with van der Waals surface area (Å²) in [5, 5.41) is 15.0. The van der Waals surface area contributed by atoms with E-state index in [1.165, 1.54) is 29.0 Å². The number of carbonyl (C=O) groups is 1. The molecule has 32 heavy (non-hydrogen) atoms. The molecule has 2 aromatic carbocycles. The highest BCUT2D eigenvalue weighted by atomic mass is 19.1. The van der Waals surface area contributed by atoms with Gasteiger partial charge in [-0.25, -0.2) is 13.6 Å². The van der Waals surface area contributed by atoms with Crippen LogP contribution in [0.5, 0.6) is 5.75 Å². The molecular formula is C22H22F2N4O4. The minimum absolute atomic E-state index is 0.0523. The van der Waals surface area contributed by atoms with Gasteiger partial charge in [0.1, 0.15) is 11.6 Å². The van der Waals surface area contributed by atoms with Crippen molar-refractivity contribution in [2.75, 3.05) is 36.9 Å². The van der Waals surface area contributed by atoms with Crippen molar-refractivity contribution in [3.63, 3.8) is 0 Å². The molecule has 0 bridgehead atoms. The van der Waals surface area contributed by atoms with Crippen LogP contribution in [0.15, 0.2) is 41.3 Å². The normalized spacial score (nSPS) is 16.2. The van der Waals surface area contributed by atoms with Crippen LogP contribution in [-0.4, -0.2) is 48.6 Å². The molecule has 3 N–H and O–H groups in total. The SMILES string of the molecule is CNc1cc(-n2cc(OC(=O)O)c(=O)c3cc(F)c(N4CCNC(C)C4)cc32)ccc1F. The fourth-order valence-electron chi connectivity index (χ4n) is 3.94. The number of piperazine rings is 1. The average Bonchev–Trinajstić information content (AvgIpc) is 2.76. The molecule has 1 fully saturated rings. The molecule has 1 unspecified atom stereocenters. The lowest BCUT2D eigenvalue weighted by Gasteiger charge is -2.34. The Hall–Kier alpha value is -3.66. The van der Waals surface area contributed by atoms with Crippen molar-refractivity contribution in [2.45, 2.75) is 13.0 Å². The molecule has 1 saturated heterocycles. The molecule has 0 aliphatic carbocycles. The van der Waals surface area contributed by atoms with Gasteiger partial charge >= 0.3 is 6.16 Å². The molecule has 168 valence electrons. The Balaban J connectivity index is 1.99. The van der Waals surface area contributed by atoms with E-state index in [-0.39, 0.29) is 17.1 Å². The zero-order valence-corrected chi connectivity index (χ0v) is 17.5. The van der Waals surface area contributed by atoms with Gasteiger partial charge in [-0.2, -0.15) is 0 Å².